The van der Waals surface area contributed by atoms with E-state index in [4.69, 9.17) is 4.42 Å². The number of furan rings is 1. The van der Waals surface area contributed by atoms with Crippen molar-refractivity contribution in [3.8, 4) is 0 Å². The Balaban J connectivity index is 1.88. The lowest BCUT2D eigenvalue weighted by molar-refractivity contribution is 0.0599. The second kappa shape index (κ2) is 7.06. The molecule has 112 valence electrons. The molecule has 0 amide bonds. The maximum atomic E-state index is 11.5. The molecule has 2 N–H and O–H groups in total. The number of methoxy groups -OCH3 is 1. The molecule has 0 radical (unpaired) electrons. The zero-order chi connectivity index (χ0) is 15.2. The van der Waals surface area contributed by atoms with E-state index < -0.39 is 12.1 Å². The SMILES string of the molecule is COC(=O)c1cc(CNCC(O)c2ccccc2)oc1C. The Hall–Kier alpha value is -2.11. The Morgan fingerprint density at radius 1 is 1.38 bits per heavy atom. The van der Waals surface area contributed by atoms with Crippen molar-refractivity contribution in [2.45, 2.75) is 19.6 Å². The molecule has 0 aliphatic rings. The van der Waals surface area contributed by atoms with Crippen LogP contribution in [-0.2, 0) is 11.3 Å². The molecule has 1 heterocycles. The van der Waals surface area contributed by atoms with Gasteiger partial charge in [-0.05, 0) is 18.6 Å². The predicted molar refractivity (Wildman–Crippen MR) is 77.9 cm³/mol. The first kappa shape index (κ1) is 15.3. The molecule has 1 atom stereocenters. The van der Waals surface area contributed by atoms with Crippen molar-refractivity contribution >= 4 is 5.97 Å². The number of hydrogen-bond donors (Lipinski definition) is 2. The van der Waals surface area contributed by atoms with E-state index in [-0.39, 0.29) is 0 Å². The van der Waals surface area contributed by atoms with Gasteiger partial charge in [0.15, 0.2) is 0 Å². The molecule has 5 nitrogen and oxygen atoms in total. The van der Waals surface area contributed by atoms with Gasteiger partial charge in [-0.3, -0.25) is 0 Å². The van der Waals surface area contributed by atoms with E-state index in [1.807, 2.05) is 30.3 Å². The van der Waals surface area contributed by atoms with Gasteiger partial charge in [-0.15, -0.1) is 0 Å². The Labute approximate surface area is 123 Å². The maximum Gasteiger partial charge on any atom is 0.341 e. The molecule has 0 spiro atoms. The maximum absolute atomic E-state index is 11.5. The van der Waals surface area contributed by atoms with E-state index in [0.717, 1.165) is 5.56 Å². The van der Waals surface area contributed by atoms with Crippen LogP contribution < -0.4 is 5.32 Å². The third kappa shape index (κ3) is 3.93. The van der Waals surface area contributed by atoms with Crippen LogP contribution in [0.25, 0.3) is 0 Å². The molecule has 1 unspecified atom stereocenters. The van der Waals surface area contributed by atoms with Crippen molar-refractivity contribution in [3.63, 3.8) is 0 Å². The van der Waals surface area contributed by atoms with Crippen LogP contribution in [0.5, 0.6) is 0 Å². The van der Waals surface area contributed by atoms with Crippen LogP contribution in [-0.4, -0.2) is 24.7 Å². The minimum absolute atomic E-state index is 0.400. The predicted octanol–water partition coefficient (Wildman–Crippen LogP) is 2.20. The van der Waals surface area contributed by atoms with E-state index in [9.17, 15) is 9.90 Å². The second-order valence-corrected chi connectivity index (χ2v) is 4.73. The highest BCUT2D eigenvalue weighted by molar-refractivity contribution is 5.90. The fourth-order valence-electron chi connectivity index (χ4n) is 2.07. The molecule has 1 aromatic carbocycles. The zero-order valence-electron chi connectivity index (χ0n) is 12.1. The normalized spacial score (nSPS) is 12.1. The number of ether oxygens (including phenoxy) is 1. The Morgan fingerprint density at radius 3 is 2.76 bits per heavy atom. The summed E-state index contributed by atoms with van der Waals surface area (Å²) in [6, 6.07) is 11.1. The summed E-state index contributed by atoms with van der Waals surface area (Å²) in [5, 5.41) is 13.1. The number of carbonyl (C=O) groups excluding carboxylic acids is 1. The quantitative estimate of drug-likeness (QED) is 0.798. The van der Waals surface area contributed by atoms with E-state index in [1.165, 1.54) is 7.11 Å². The highest BCUT2D eigenvalue weighted by Gasteiger charge is 2.15. The third-order valence-electron chi connectivity index (χ3n) is 3.20. The van der Waals surface area contributed by atoms with Crippen molar-refractivity contribution in [1.29, 1.82) is 0 Å². The number of nitrogens with one attached hydrogen (secondary N) is 1. The number of benzene rings is 1. The minimum Gasteiger partial charge on any atom is -0.465 e. The molecular weight excluding hydrogens is 270 g/mol. The molecule has 0 saturated heterocycles. The van der Waals surface area contributed by atoms with Crippen molar-refractivity contribution in [2.24, 2.45) is 0 Å². The average Bonchev–Trinajstić information content (AvgIpc) is 2.88. The lowest BCUT2D eigenvalue weighted by atomic mass is 10.1. The molecule has 2 rings (SSSR count). The van der Waals surface area contributed by atoms with E-state index >= 15 is 0 Å². The van der Waals surface area contributed by atoms with Crippen molar-refractivity contribution in [2.75, 3.05) is 13.7 Å². The van der Waals surface area contributed by atoms with E-state index in [2.05, 4.69) is 10.1 Å². The molecule has 0 fully saturated rings. The third-order valence-corrected chi connectivity index (χ3v) is 3.20. The number of esters is 1. The van der Waals surface area contributed by atoms with Gasteiger partial charge >= 0.3 is 5.97 Å². The molecule has 2 aromatic rings. The van der Waals surface area contributed by atoms with Gasteiger partial charge in [0.1, 0.15) is 17.1 Å². The van der Waals surface area contributed by atoms with E-state index in [1.54, 1.807) is 13.0 Å². The largest absolute Gasteiger partial charge is 0.465 e. The Bertz CT molecular complexity index is 592. The molecular formula is C16H19NO4. The van der Waals surface area contributed by atoms with Crippen LogP contribution in [0.2, 0.25) is 0 Å². The number of aliphatic hydroxyl groups is 1. The number of rotatable bonds is 6. The van der Waals surface area contributed by atoms with Gasteiger partial charge in [0.25, 0.3) is 0 Å². The van der Waals surface area contributed by atoms with Gasteiger partial charge < -0.3 is 19.6 Å². The van der Waals surface area contributed by atoms with Crippen molar-refractivity contribution in [1.82, 2.24) is 5.32 Å². The first-order chi connectivity index (χ1) is 10.1. The van der Waals surface area contributed by atoms with Crippen LogP contribution in [0.3, 0.4) is 0 Å². The summed E-state index contributed by atoms with van der Waals surface area (Å²) in [4.78, 5) is 11.5. The molecule has 0 aliphatic carbocycles. The summed E-state index contributed by atoms with van der Waals surface area (Å²) in [7, 11) is 1.34. The first-order valence-electron chi connectivity index (χ1n) is 6.73. The summed E-state index contributed by atoms with van der Waals surface area (Å²) in [6.07, 6.45) is -0.581. The molecule has 1 aromatic heterocycles. The van der Waals surface area contributed by atoms with Gasteiger partial charge in [0, 0.05) is 6.54 Å². The van der Waals surface area contributed by atoms with Crippen LogP contribution in [0.15, 0.2) is 40.8 Å². The minimum atomic E-state index is -0.581. The van der Waals surface area contributed by atoms with Gasteiger partial charge in [-0.1, -0.05) is 30.3 Å². The lowest BCUT2D eigenvalue weighted by Gasteiger charge is -2.11. The smallest absolute Gasteiger partial charge is 0.341 e. The summed E-state index contributed by atoms with van der Waals surface area (Å²) in [6.45, 7) is 2.55. The summed E-state index contributed by atoms with van der Waals surface area (Å²) >= 11 is 0. The van der Waals surface area contributed by atoms with Gasteiger partial charge in [0.2, 0.25) is 0 Å². The molecule has 0 bridgehead atoms. The summed E-state index contributed by atoms with van der Waals surface area (Å²) in [5.41, 5.74) is 1.29. The fraction of sp³-hybridized carbons (Fsp3) is 0.312. The van der Waals surface area contributed by atoms with Crippen LogP contribution in [0, 0.1) is 6.92 Å². The standard InChI is InChI=1S/C16H19NO4/c1-11-14(16(19)20-2)8-13(21-11)9-17-10-15(18)12-6-4-3-5-7-12/h3-8,15,17-18H,9-10H2,1-2H3. The number of aryl methyl sites for hydroxylation is 1. The van der Waals surface area contributed by atoms with E-state index in [0.29, 0.717) is 30.2 Å². The van der Waals surface area contributed by atoms with Gasteiger partial charge in [0.05, 0.1) is 19.8 Å². The highest BCUT2D eigenvalue weighted by Crippen LogP contribution is 2.16. The lowest BCUT2D eigenvalue weighted by Crippen LogP contribution is -2.20. The summed E-state index contributed by atoms with van der Waals surface area (Å²) in [5.74, 6) is 0.752. The van der Waals surface area contributed by atoms with Crippen LogP contribution >= 0.6 is 0 Å². The highest BCUT2D eigenvalue weighted by atomic mass is 16.5. The van der Waals surface area contributed by atoms with Crippen molar-refractivity contribution in [3.05, 3.63) is 59.0 Å². The first-order valence-corrected chi connectivity index (χ1v) is 6.73. The number of aliphatic hydroxyl groups excluding tert-OH is 1. The average molecular weight is 289 g/mol. The molecule has 21 heavy (non-hydrogen) atoms. The van der Waals surface area contributed by atoms with Crippen LogP contribution in [0.1, 0.15) is 33.5 Å². The zero-order valence-corrected chi connectivity index (χ0v) is 12.1. The monoisotopic (exact) mass is 289 g/mol. The van der Waals surface area contributed by atoms with Gasteiger partial charge in [-0.2, -0.15) is 0 Å². The van der Waals surface area contributed by atoms with Gasteiger partial charge in [-0.25, -0.2) is 4.79 Å². The molecule has 0 saturated carbocycles. The summed E-state index contributed by atoms with van der Waals surface area (Å²) < 4.78 is 10.2. The van der Waals surface area contributed by atoms with Crippen molar-refractivity contribution < 1.29 is 19.1 Å². The number of carbonyl (C=O) groups is 1. The van der Waals surface area contributed by atoms with Crippen LogP contribution in [0.4, 0.5) is 0 Å². The Morgan fingerprint density at radius 2 is 2.10 bits per heavy atom. The number of hydrogen-bond acceptors (Lipinski definition) is 5. The Kier molecular flexibility index (Phi) is 5.14. The second-order valence-electron chi connectivity index (χ2n) is 4.73. The topological polar surface area (TPSA) is 71.7 Å². The molecule has 0 aliphatic heterocycles. The fourth-order valence-corrected chi connectivity index (χ4v) is 2.07. The molecule has 5 heteroatoms.